The molecule has 0 saturated carbocycles. The minimum Gasteiger partial charge on any atom is -0.341 e. The van der Waals surface area contributed by atoms with Crippen molar-refractivity contribution in [3.63, 3.8) is 0 Å². The van der Waals surface area contributed by atoms with Crippen LogP contribution >= 0.6 is 0 Å². The number of sulfonamides is 1. The van der Waals surface area contributed by atoms with Crippen LogP contribution in [0.3, 0.4) is 0 Å². The van der Waals surface area contributed by atoms with Crippen molar-refractivity contribution in [1.29, 1.82) is 0 Å². The number of benzene rings is 2. The van der Waals surface area contributed by atoms with E-state index >= 15 is 0 Å². The first-order chi connectivity index (χ1) is 16.2. The molecular formula is C25H30N4O4S. The summed E-state index contributed by atoms with van der Waals surface area (Å²) < 4.78 is 33.7. The summed E-state index contributed by atoms with van der Waals surface area (Å²) in [5.74, 6) is 0.793. The second-order valence-corrected chi connectivity index (χ2v) is 10.8. The predicted octanol–water partition coefficient (Wildman–Crippen LogP) is 3.75. The molecule has 3 aromatic rings. The largest absolute Gasteiger partial charge is 0.341 e. The quantitative estimate of drug-likeness (QED) is 0.550. The number of amides is 1. The standard InChI is InChI=1S/C25H30N4O4S/c1-17(2)22(28-34(31,32)21-7-5-4-6-8-21)25(30)29-15-13-20(14-16-29)24-26-23(27-33-24)19-11-9-18(3)10-12-19/h4-12,17,20,22,28H,13-16H2,1-3H3. The van der Waals surface area contributed by atoms with Crippen molar-refractivity contribution in [2.75, 3.05) is 13.1 Å². The van der Waals surface area contributed by atoms with Gasteiger partial charge in [0, 0.05) is 24.6 Å². The summed E-state index contributed by atoms with van der Waals surface area (Å²) in [6.07, 6.45) is 1.36. The molecule has 0 spiro atoms. The number of aromatic nitrogens is 2. The van der Waals surface area contributed by atoms with E-state index in [4.69, 9.17) is 4.52 Å². The van der Waals surface area contributed by atoms with Gasteiger partial charge >= 0.3 is 0 Å². The Morgan fingerprint density at radius 1 is 1.06 bits per heavy atom. The van der Waals surface area contributed by atoms with Gasteiger partial charge in [0.1, 0.15) is 6.04 Å². The van der Waals surface area contributed by atoms with Gasteiger partial charge in [0.15, 0.2) is 0 Å². The van der Waals surface area contributed by atoms with Crippen LogP contribution in [0, 0.1) is 12.8 Å². The van der Waals surface area contributed by atoms with Gasteiger partial charge in [0.25, 0.3) is 0 Å². The first kappa shape index (κ1) is 24.1. The molecule has 0 radical (unpaired) electrons. The monoisotopic (exact) mass is 482 g/mol. The fourth-order valence-corrected chi connectivity index (χ4v) is 5.43. The van der Waals surface area contributed by atoms with Crippen LogP contribution in [0.15, 0.2) is 64.0 Å². The Hall–Kier alpha value is -3.04. The van der Waals surface area contributed by atoms with Crippen molar-refractivity contribution in [2.24, 2.45) is 5.92 Å². The summed E-state index contributed by atoms with van der Waals surface area (Å²) in [6.45, 7) is 6.71. The van der Waals surface area contributed by atoms with Gasteiger partial charge in [-0.2, -0.15) is 9.71 Å². The second kappa shape index (κ2) is 10.1. The van der Waals surface area contributed by atoms with Crippen LogP contribution in [-0.2, 0) is 14.8 Å². The van der Waals surface area contributed by atoms with Gasteiger partial charge in [-0.1, -0.05) is 67.0 Å². The van der Waals surface area contributed by atoms with E-state index in [1.165, 1.54) is 12.1 Å². The minimum atomic E-state index is -3.80. The number of nitrogens with one attached hydrogen (secondary N) is 1. The van der Waals surface area contributed by atoms with E-state index in [1.807, 2.05) is 45.0 Å². The molecule has 8 nitrogen and oxygen atoms in total. The van der Waals surface area contributed by atoms with Crippen LogP contribution in [0.2, 0.25) is 0 Å². The zero-order chi connectivity index (χ0) is 24.3. The molecule has 1 atom stereocenters. The number of nitrogens with zero attached hydrogens (tertiary/aromatic N) is 3. The summed E-state index contributed by atoms with van der Waals surface area (Å²) in [6, 6.07) is 15.2. The third-order valence-electron chi connectivity index (χ3n) is 6.18. The maximum absolute atomic E-state index is 13.3. The highest BCUT2D eigenvalue weighted by Crippen LogP contribution is 2.29. The molecule has 9 heteroatoms. The smallest absolute Gasteiger partial charge is 0.241 e. The van der Waals surface area contributed by atoms with Crippen molar-refractivity contribution >= 4 is 15.9 Å². The molecular weight excluding hydrogens is 452 g/mol. The highest BCUT2D eigenvalue weighted by molar-refractivity contribution is 7.89. The van der Waals surface area contributed by atoms with E-state index in [-0.39, 0.29) is 22.6 Å². The van der Waals surface area contributed by atoms with Crippen molar-refractivity contribution in [2.45, 2.75) is 50.5 Å². The second-order valence-electron chi connectivity index (χ2n) is 9.08. The molecule has 1 amide bonds. The van der Waals surface area contributed by atoms with Crippen LogP contribution in [0.4, 0.5) is 0 Å². The lowest BCUT2D eigenvalue weighted by molar-refractivity contribution is -0.135. The zero-order valence-electron chi connectivity index (χ0n) is 19.6. The average molecular weight is 483 g/mol. The van der Waals surface area contributed by atoms with E-state index in [0.29, 0.717) is 37.6 Å². The molecule has 2 aromatic carbocycles. The summed E-state index contributed by atoms with van der Waals surface area (Å²) in [5.41, 5.74) is 2.06. The van der Waals surface area contributed by atoms with Crippen molar-refractivity contribution in [3.8, 4) is 11.4 Å². The number of hydrogen-bond acceptors (Lipinski definition) is 6. The molecule has 1 N–H and O–H groups in total. The Kier molecular flexibility index (Phi) is 7.13. The van der Waals surface area contributed by atoms with E-state index < -0.39 is 16.1 Å². The van der Waals surface area contributed by atoms with Crippen molar-refractivity contribution in [3.05, 3.63) is 66.1 Å². The van der Waals surface area contributed by atoms with Crippen molar-refractivity contribution < 1.29 is 17.7 Å². The Morgan fingerprint density at radius 2 is 1.71 bits per heavy atom. The number of carbonyl (C=O) groups is 1. The minimum absolute atomic E-state index is 0.0641. The van der Waals surface area contributed by atoms with E-state index in [2.05, 4.69) is 14.9 Å². The normalized spacial score (nSPS) is 16.1. The molecule has 1 fully saturated rings. The van der Waals surface area contributed by atoms with E-state index in [0.717, 1.165) is 11.1 Å². The molecule has 0 bridgehead atoms. The van der Waals surface area contributed by atoms with Crippen LogP contribution < -0.4 is 4.72 Å². The molecule has 1 saturated heterocycles. The molecule has 4 rings (SSSR count). The number of aryl methyl sites for hydroxylation is 1. The van der Waals surface area contributed by atoms with Gasteiger partial charge in [-0.25, -0.2) is 8.42 Å². The SMILES string of the molecule is Cc1ccc(-c2noc(C3CCN(C(=O)C(NS(=O)(=O)c4ccccc4)C(C)C)CC3)n2)cc1. The van der Waals surface area contributed by atoms with E-state index in [1.54, 1.807) is 23.1 Å². The van der Waals surface area contributed by atoms with Crippen LogP contribution in [-0.4, -0.2) is 48.5 Å². The van der Waals surface area contributed by atoms with Gasteiger partial charge in [-0.3, -0.25) is 4.79 Å². The summed E-state index contributed by atoms with van der Waals surface area (Å²) >= 11 is 0. The van der Waals surface area contributed by atoms with Crippen LogP contribution in [0.25, 0.3) is 11.4 Å². The number of carbonyl (C=O) groups excluding carboxylic acids is 1. The fourth-order valence-electron chi connectivity index (χ4n) is 4.07. The van der Waals surface area contributed by atoms with E-state index in [9.17, 15) is 13.2 Å². The highest BCUT2D eigenvalue weighted by atomic mass is 32.2. The number of likely N-dealkylation sites (tertiary alicyclic amines) is 1. The molecule has 180 valence electrons. The lowest BCUT2D eigenvalue weighted by atomic mass is 9.95. The van der Waals surface area contributed by atoms with Crippen LogP contribution in [0.1, 0.15) is 44.1 Å². The van der Waals surface area contributed by atoms with Gasteiger partial charge < -0.3 is 9.42 Å². The maximum atomic E-state index is 13.3. The van der Waals surface area contributed by atoms with Gasteiger partial charge in [0.05, 0.1) is 4.90 Å². The lowest BCUT2D eigenvalue weighted by Gasteiger charge is -2.34. The first-order valence-electron chi connectivity index (χ1n) is 11.5. The molecule has 1 unspecified atom stereocenters. The molecule has 1 aliphatic heterocycles. The highest BCUT2D eigenvalue weighted by Gasteiger charge is 2.34. The van der Waals surface area contributed by atoms with Crippen LogP contribution in [0.5, 0.6) is 0 Å². The summed E-state index contributed by atoms with van der Waals surface area (Å²) in [4.78, 5) is 19.7. The fraction of sp³-hybridized carbons (Fsp3) is 0.400. The number of piperidine rings is 1. The molecule has 1 aliphatic rings. The number of hydrogen-bond donors (Lipinski definition) is 1. The molecule has 34 heavy (non-hydrogen) atoms. The molecule has 1 aromatic heterocycles. The maximum Gasteiger partial charge on any atom is 0.241 e. The predicted molar refractivity (Wildman–Crippen MR) is 128 cm³/mol. The zero-order valence-corrected chi connectivity index (χ0v) is 20.5. The van der Waals surface area contributed by atoms with Gasteiger partial charge in [0.2, 0.25) is 27.6 Å². The number of rotatable bonds is 7. The average Bonchev–Trinajstić information content (AvgIpc) is 3.33. The first-order valence-corrected chi connectivity index (χ1v) is 13.0. The Bertz CT molecular complexity index is 1220. The third-order valence-corrected chi connectivity index (χ3v) is 7.63. The Morgan fingerprint density at radius 3 is 2.32 bits per heavy atom. The third kappa shape index (κ3) is 5.37. The lowest BCUT2D eigenvalue weighted by Crippen LogP contribution is -2.52. The Balaban J connectivity index is 1.40. The van der Waals surface area contributed by atoms with Gasteiger partial charge in [-0.05, 0) is 37.8 Å². The summed E-state index contributed by atoms with van der Waals surface area (Å²) in [5, 5.41) is 4.12. The topological polar surface area (TPSA) is 105 Å². The van der Waals surface area contributed by atoms with Crippen molar-refractivity contribution in [1.82, 2.24) is 19.8 Å². The molecule has 0 aliphatic carbocycles. The Labute approximate surface area is 200 Å². The van der Waals surface area contributed by atoms with Gasteiger partial charge in [-0.15, -0.1) is 0 Å². The molecule has 2 heterocycles. The summed E-state index contributed by atoms with van der Waals surface area (Å²) in [7, 11) is -3.80.